The van der Waals surface area contributed by atoms with Gasteiger partial charge in [0.25, 0.3) is 0 Å². The Morgan fingerprint density at radius 2 is 1.69 bits per heavy atom. The summed E-state index contributed by atoms with van der Waals surface area (Å²) < 4.78 is 25.8. The molecular weight excluding hydrogens is 473 g/mol. The topological polar surface area (TPSA) is 86.8 Å². The van der Waals surface area contributed by atoms with E-state index in [0.717, 1.165) is 11.8 Å². The molecular formula is C22H27Cl2N3O4S. The summed E-state index contributed by atoms with van der Waals surface area (Å²) >= 11 is 12.1. The number of rotatable bonds is 10. The standard InChI is InChI=1S/C22H27Cl2N3O4S/c1-16(22(29)25-2)26(15-17-7-4-8-18(23)13-17)21(28)11-6-12-27(32(3,30)31)20-10-5-9-19(24)14-20/h4-5,7-10,13-14,16H,6,11-12,15H2,1-3H3,(H,25,29)/t16-/m1/s1. The zero-order chi connectivity index (χ0) is 23.9. The number of amides is 2. The van der Waals surface area contributed by atoms with Gasteiger partial charge in [0.15, 0.2) is 0 Å². The van der Waals surface area contributed by atoms with Crippen LogP contribution < -0.4 is 9.62 Å². The minimum absolute atomic E-state index is 0.0640. The first-order valence-corrected chi connectivity index (χ1v) is 12.6. The van der Waals surface area contributed by atoms with Crippen LogP contribution in [0.5, 0.6) is 0 Å². The molecule has 0 aromatic heterocycles. The molecule has 2 aromatic rings. The molecule has 0 heterocycles. The predicted octanol–water partition coefficient (Wildman–Crippen LogP) is 3.70. The van der Waals surface area contributed by atoms with Crippen LogP contribution in [-0.2, 0) is 26.2 Å². The van der Waals surface area contributed by atoms with Crippen LogP contribution in [0.2, 0.25) is 10.0 Å². The van der Waals surface area contributed by atoms with E-state index >= 15 is 0 Å². The van der Waals surface area contributed by atoms with Crippen molar-refractivity contribution in [1.82, 2.24) is 10.2 Å². The lowest BCUT2D eigenvalue weighted by Crippen LogP contribution is -2.46. The Hall–Kier alpha value is -2.29. The number of halogens is 2. The molecule has 0 aliphatic heterocycles. The van der Waals surface area contributed by atoms with E-state index in [4.69, 9.17) is 23.2 Å². The molecule has 2 amide bonds. The fourth-order valence-electron chi connectivity index (χ4n) is 3.26. The number of benzene rings is 2. The monoisotopic (exact) mass is 499 g/mol. The van der Waals surface area contributed by atoms with Gasteiger partial charge in [0.2, 0.25) is 21.8 Å². The molecule has 1 N–H and O–H groups in total. The first-order valence-electron chi connectivity index (χ1n) is 10.0. The first kappa shape index (κ1) is 26.0. The molecule has 7 nitrogen and oxygen atoms in total. The number of nitrogens with zero attached hydrogens (tertiary/aromatic N) is 2. The van der Waals surface area contributed by atoms with Gasteiger partial charge in [0.1, 0.15) is 6.04 Å². The zero-order valence-electron chi connectivity index (χ0n) is 18.2. The number of nitrogens with one attached hydrogen (secondary N) is 1. The Morgan fingerprint density at radius 1 is 1.06 bits per heavy atom. The van der Waals surface area contributed by atoms with E-state index in [9.17, 15) is 18.0 Å². The lowest BCUT2D eigenvalue weighted by Gasteiger charge is -2.29. The molecule has 0 radical (unpaired) electrons. The fraction of sp³-hybridized carbons (Fsp3) is 0.364. The van der Waals surface area contributed by atoms with E-state index in [1.54, 1.807) is 49.4 Å². The third-order valence-corrected chi connectivity index (χ3v) is 6.57. The molecule has 32 heavy (non-hydrogen) atoms. The van der Waals surface area contributed by atoms with Crippen LogP contribution in [0.15, 0.2) is 48.5 Å². The molecule has 2 aromatic carbocycles. The van der Waals surface area contributed by atoms with Gasteiger partial charge >= 0.3 is 0 Å². The van der Waals surface area contributed by atoms with E-state index in [1.165, 1.54) is 16.3 Å². The molecule has 0 unspecified atom stereocenters. The summed E-state index contributed by atoms with van der Waals surface area (Å²) in [5.74, 6) is -0.558. The Morgan fingerprint density at radius 3 is 2.25 bits per heavy atom. The number of hydrogen-bond acceptors (Lipinski definition) is 4. The van der Waals surface area contributed by atoms with Crippen molar-refractivity contribution >= 4 is 50.7 Å². The number of sulfonamides is 1. The summed E-state index contributed by atoms with van der Waals surface area (Å²) in [6.07, 6.45) is 1.44. The van der Waals surface area contributed by atoms with Crippen LogP contribution in [0.1, 0.15) is 25.3 Å². The normalized spacial score (nSPS) is 12.2. The van der Waals surface area contributed by atoms with Crippen molar-refractivity contribution in [3.63, 3.8) is 0 Å². The third kappa shape index (κ3) is 7.39. The van der Waals surface area contributed by atoms with Gasteiger partial charge in [-0.3, -0.25) is 13.9 Å². The summed E-state index contributed by atoms with van der Waals surface area (Å²) in [7, 11) is -2.06. The van der Waals surface area contributed by atoms with Crippen molar-refractivity contribution in [2.24, 2.45) is 0 Å². The lowest BCUT2D eigenvalue weighted by molar-refractivity contribution is -0.140. The molecule has 0 bridgehead atoms. The second-order valence-electron chi connectivity index (χ2n) is 7.36. The predicted molar refractivity (Wildman–Crippen MR) is 128 cm³/mol. The largest absolute Gasteiger partial charge is 0.357 e. The van der Waals surface area contributed by atoms with Crippen molar-refractivity contribution in [1.29, 1.82) is 0 Å². The average molecular weight is 500 g/mol. The van der Waals surface area contributed by atoms with E-state index in [2.05, 4.69) is 5.32 Å². The summed E-state index contributed by atoms with van der Waals surface area (Å²) in [5.41, 5.74) is 1.22. The quantitative estimate of drug-likeness (QED) is 0.539. The molecule has 0 aliphatic carbocycles. The maximum Gasteiger partial charge on any atom is 0.242 e. The van der Waals surface area contributed by atoms with Crippen LogP contribution in [0.25, 0.3) is 0 Å². The molecule has 0 saturated carbocycles. The van der Waals surface area contributed by atoms with Gasteiger partial charge in [-0.25, -0.2) is 8.42 Å². The number of likely N-dealkylation sites (N-methyl/N-ethyl adjacent to an activating group) is 1. The van der Waals surface area contributed by atoms with Gasteiger partial charge in [0.05, 0.1) is 11.9 Å². The molecule has 0 fully saturated rings. The van der Waals surface area contributed by atoms with Gasteiger partial charge < -0.3 is 10.2 Å². The van der Waals surface area contributed by atoms with E-state index in [-0.39, 0.29) is 37.7 Å². The maximum atomic E-state index is 13.0. The fourth-order valence-corrected chi connectivity index (χ4v) is 4.61. The van der Waals surface area contributed by atoms with E-state index in [1.807, 2.05) is 6.07 Å². The average Bonchev–Trinajstić information content (AvgIpc) is 2.73. The highest BCUT2D eigenvalue weighted by atomic mass is 35.5. The van der Waals surface area contributed by atoms with Crippen molar-refractivity contribution in [3.05, 3.63) is 64.1 Å². The van der Waals surface area contributed by atoms with Crippen molar-refractivity contribution in [2.75, 3.05) is 24.2 Å². The molecule has 0 saturated heterocycles. The van der Waals surface area contributed by atoms with Crippen LogP contribution in [0.3, 0.4) is 0 Å². The molecule has 0 aliphatic rings. The van der Waals surface area contributed by atoms with Crippen LogP contribution in [-0.4, -0.2) is 51.0 Å². The van der Waals surface area contributed by atoms with Crippen molar-refractivity contribution < 1.29 is 18.0 Å². The minimum Gasteiger partial charge on any atom is -0.357 e. The van der Waals surface area contributed by atoms with Crippen molar-refractivity contribution in [2.45, 2.75) is 32.4 Å². The Bertz CT molecular complexity index is 1060. The third-order valence-electron chi connectivity index (χ3n) is 4.90. The lowest BCUT2D eigenvalue weighted by atomic mass is 10.1. The molecule has 0 spiro atoms. The van der Waals surface area contributed by atoms with Crippen LogP contribution >= 0.6 is 23.2 Å². The SMILES string of the molecule is CNC(=O)[C@@H](C)N(Cc1cccc(Cl)c1)C(=O)CCCN(c1cccc(Cl)c1)S(C)(=O)=O. The molecule has 2 rings (SSSR count). The van der Waals surface area contributed by atoms with Gasteiger partial charge in [-0.05, 0) is 49.2 Å². The van der Waals surface area contributed by atoms with Gasteiger partial charge in [0, 0.05) is 36.6 Å². The highest BCUT2D eigenvalue weighted by Gasteiger charge is 2.26. The van der Waals surface area contributed by atoms with Crippen molar-refractivity contribution in [3.8, 4) is 0 Å². The summed E-state index contributed by atoms with van der Waals surface area (Å²) in [4.78, 5) is 26.7. The van der Waals surface area contributed by atoms with Crippen LogP contribution in [0.4, 0.5) is 5.69 Å². The Labute approximate surface area is 199 Å². The smallest absolute Gasteiger partial charge is 0.242 e. The van der Waals surface area contributed by atoms with Crippen LogP contribution in [0, 0.1) is 0 Å². The Balaban J connectivity index is 2.14. The molecule has 10 heteroatoms. The van der Waals surface area contributed by atoms with E-state index < -0.39 is 16.1 Å². The summed E-state index contributed by atoms with van der Waals surface area (Å²) in [6, 6.07) is 12.9. The maximum absolute atomic E-state index is 13.0. The van der Waals surface area contributed by atoms with Gasteiger partial charge in [-0.1, -0.05) is 41.4 Å². The molecule has 174 valence electrons. The molecule has 1 atom stereocenters. The van der Waals surface area contributed by atoms with Gasteiger partial charge in [-0.2, -0.15) is 0 Å². The highest BCUT2D eigenvalue weighted by molar-refractivity contribution is 7.92. The zero-order valence-corrected chi connectivity index (χ0v) is 20.5. The summed E-state index contributed by atoms with van der Waals surface area (Å²) in [6.45, 7) is 1.96. The number of hydrogen-bond donors (Lipinski definition) is 1. The number of carbonyl (C=O) groups excluding carboxylic acids is 2. The second-order valence-corrected chi connectivity index (χ2v) is 10.1. The minimum atomic E-state index is -3.57. The number of anilines is 1. The Kier molecular flexibility index (Phi) is 9.36. The highest BCUT2D eigenvalue weighted by Crippen LogP contribution is 2.23. The first-order chi connectivity index (χ1) is 15.0. The van der Waals surface area contributed by atoms with E-state index in [0.29, 0.717) is 15.7 Å². The second kappa shape index (κ2) is 11.5. The summed E-state index contributed by atoms with van der Waals surface area (Å²) in [5, 5.41) is 3.51. The number of carbonyl (C=O) groups is 2. The van der Waals surface area contributed by atoms with Gasteiger partial charge in [-0.15, -0.1) is 0 Å².